The van der Waals surface area contributed by atoms with Crippen molar-refractivity contribution < 1.29 is 13.3 Å². The highest BCUT2D eigenvalue weighted by Crippen LogP contribution is 2.35. The lowest BCUT2D eigenvalue weighted by Gasteiger charge is -2.06. The van der Waals surface area contributed by atoms with Crippen LogP contribution in [-0.2, 0) is 11.3 Å². The van der Waals surface area contributed by atoms with Crippen LogP contribution in [-0.4, -0.2) is 13.9 Å². The summed E-state index contributed by atoms with van der Waals surface area (Å²) in [5, 5.41) is 4.15. The highest BCUT2D eigenvalue weighted by atomic mass is 32.2. The van der Waals surface area contributed by atoms with Crippen molar-refractivity contribution in [2.45, 2.75) is 6.92 Å². The van der Waals surface area contributed by atoms with Crippen LogP contribution < -0.4 is 4.72 Å². The molecule has 0 fully saturated rings. The topological polar surface area (TPSA) is 75.4 Å². The zero-order valence-corrected chi connectivity index (χ0v) is 12.6. The quantitative estimate of drug-likeness (QED) is 0.717. The monoisotopic (exact) mass is 314 g/mol. The molecule has 1 unspecified atom stereocenters. The second-order valence-electron chi connectivity index (χ2n) is 4.76. The molecule has 1 atom stereocenters. The Balaban J connectivity index is 2.09. The standard InChI is InChI=1S/C16H14N2O3S/c1-11-15(13-8-5-9-14(10-13)18-22(19)20)16(17-21-11)12-6-3-2-4-7-12/h2-10,18H,1H3,(H,19,20). The molecule has 0 amide bonds. The zero-order valence-electron chi connectivity index (χ0n) is 11.8. The first kappa shape index (κ1) is 14.5. The van der Waals surface area contributed by atoms with Gasteiger partial charge in [0, 0.05) is 11.3 Å². The molecule has 0 aliphatic rings. The van der Waals surface area contributed by atoms with Gasteiger partial charge in [0.25, 0.3) is 11.3 Å². The van der Waals surface area contributed by atoms with Gasteiger partial charge in [0.1, 0.15) is 11.5 Å². The molecule has 0 aliphatic carbocycles. The second kappa shape index (κ2) is 6.13. The number of nitrogens with zero attached hydrogens (tertiary/aromatic N) is 1. The van der Waals surface area contributed by atoms with E-state index in [4.69, 9.17) is 9.08 Å². The zero-order chi connectivity index (χ0) is 15.5. The van der Waals surface area contributed by atoms with E-state index in [1.807, 2.05) is 49.4 Å². The van der Waals surface area contributed by atoms with E-state index in [-0.39, 0.29) is 0 Å². The summed E-state index contributed by atoms with van der Waals surface area (Å²) >= 11 is -2.11. The fourth-order valence-corrected chi connectivity index (χ4v) is 2.67. The van der Waals surface area contributed by atoms with E-state index in [1.165, 1.54) is 0 Å². The van der Waals surface area contributed by atoms with Crippen molar-refractivity contribution in [3.05, 3.63) is 60.4 Å². The second-order valence-corrected chi connectivity index (χ2v) is 5.46. The molecule has 22 heavy (non-hydrogen) atoms. The minimum Gasteiger partial charge on any atom is -0.360 e. The molecule has 0 saturated carbocycles. The van der Waals surface area contributed by atoms with E-state index in [0.717, 1.165) is 22.4 Å². The van der Waals surface area contributed by atoms with Gasteiger partial charge in [0.2, 0.25) is 0 Å². The van der Waals surface area contributed by atoms with Crippen molar-refractivity contribution in [2.24, 2.45) is 0 Å². The van der Waals surface area contributed by atoms with Gasteiger partial charge in [-0.3, -0.25) is 9.27 Å². The number of hydrogen-bond acceptors (Lipinski definition) is 3. The Bertz CT molecular complexity index is 815. The first-order valence-corrected chi connectivity index (χ1v) is 7.75. The van der Waals surface area contributed by atoms with Crippen molar-refractivity contribution in [1.82, 2.24) is 5.16 Å². The average Bonchev–Trinajstić information content (AvgIpc) is 2.89. The third kappa shape index (κ3) is 2.93. The van der Waals surface area contributed by atoms with E-state index < -0.39 is 11.3 Å². The number of aryl methyl sites for hydroxylation is 1. The number of benzene rings is 2. The molecule has 3 rings (SSSR count). The normalized spacial score (nSPS) is 12.1. The summed E-state index contributed by atoms with van der Waals surface area (Å²) in [4.78, 5) is 0. The molecule has 0 saturated heterocycles. The van der Waals surface area contributed by atoms with E-state index in [9.17, 15) is 4.21 Å². The number of rotatable bonds is 4. The van der Waals surface area contributed by atoms with Gasteiger partial charge in [-0.1, -0.05) is 47.6 Å². The number of aromatic nitrogens is 1. The summed E-state index contributed by atoms with van der Waals surface area (Å²) in [6.45, 7) is 1.85. The molecular formula is C16H14N2O3S. The number of anilines is 1. The maximum Gasteiger partial charge on any atom is 0.259 e. The Morgan fingerprint density at radius 2 is 1.82 bits per heavy atom. The predicted molar refractivity (Wildman–Crippen MR) is 86.5 cm³/mol. The molecule has 1 aromatic heterocycles. The number of hydrogen-bond donors (Lipinski definition) is 2. The first-order chi connectivity index (χ1) is 10.6. The maximum atomic E-state index is 10.9. The number of nitrogens with one attached hydrogen (secondary N) is 1. The lowest BCUT2D eigenvalue weighted by molar-refractivity contribution is 0.400. The minimum atomic E-state index is -2.11. The van der Waals surface area contributed by atoms with Crippen LogP contribution in [0.5, 0.6) is 0 Å². The summed E-state index contributed by atoms with van der Waals surface area (Å²) in [6.07, 6.45) is 0. The lowest BCUT2D eigenvalue weighted by atomic mass is 9.99. The Labute approximate surface area is 130 Å². The minimum absolute atomic E-state index is 0.554. The van der Waals surface area contributed by atoms with Crippen molar-refractivity contribution in [3.63, 3.8) is 0 Å². The molecule has 0 bridgehead atoms. The van der Waals surface area contributed by atoms with Crippen LogP contribution in [0, 0.1) is 6.92 Å². The predicted octanol–water partition coefficient (Wildman–Crippen LogP) is 3.87. The largest absolute Gasteiger partial charge is 0.360 e. The Morgan fingerprint density at radius 3 is 2.55 bits per heavy atom. The average molecular weight is 314 g/mol. The Kier molecular flexibility index (Phi) is 4.04. The highest BCUT2D eigenvalue weighted by Gasteiger charge is 2.16. The fourth-order valence-electron chi connectivity index (χ4n) is 2.34. The van der Waals surface area contributed by atoms with Crippen molar-refractivity contribution in [3.8, 4) is 22.4 Å². The van der Waals surface area contributed by atoms with Crippen molar-refractivity contribution >= 4 is 17.0 Å². The molecule has 1 heterocycles. The molecule has 0 spiro atoms. The van der Waals surface area contributed by atoms with Crippen LogP contribution >= 0.6 is 0 Å². The summed E-state index contributed by atoms with van der Waals surface area (Å²) in [7, 11) is 0. The molecule has 0 aliphatic heterocycles. The molecule has 2 aromatic carbocycles. The Hall–Kier alpha value is -2.44. The SMILES string of the molecule is Cc1onc(-c2ccccc2)c1-c1cccc(NS(=O)O)c1. The lowest BCUT2D eigenvalue weighted by Crippen LogP contribution is -2.01. The van der Waals surface area contributed by atoms with Crippen molar-refractivity contribution in [1.29, 1.82) is 0 Å². The van der Waals surface area contributed by atoms with Gasteiger partial charge in [-0.25, -0.2) is 4.21 Å². The summed E-state index contributed by atoms with van der Waals surface area (Å²) in [5.41, 5.74) is 4.00. The van der Waals surface area contributed by atoms with Crippen LogP contribution in [0.15, 0.2) is 59.1 Å². The molecule has 0 radical (unpaired) electrons. The van der Waals surface area contributed by atoms with Gasteiger partial charge in [-0.2, -0.15) is 0 Å². The molecule has 112 valence electrons. The van der Waals surface area contributed by atoms with Crippen LogP contribution in [0.4, 0.5) is 5.69 Å². The van der Waals surface area contributed by atoms with E-state index in [2.05, 4.69) is 9.88 Å². The van der Waals surface area contributed by atoms with Gasteiger partial charge in [-0.05, 0) is 24.6 Å². The fraction of sp³-hybridized carbons (Fsp3) is 0.0625. The summed E-state index contributed by atoms with van der Waals surface area (Å²) < 4.78 is 27.6. The van der Waals surface area contributed by atoms with Gasteiger partial charge in [0.15, 0.2) is 0 Å². The van der Waals surface area contributed by atoms with Crippen LogP contribution in [0.25, 0.3) is 22.4 Å². The molecule has 6 heteroatoms. The summed E-state index contributed by atoms with van der Waals surface area (Å²) in [5.74, 6) is 0.695. The van der Waals surface area contributed by atoms with E-state index in [1.54, 1.807) is 12.1 Å². The highest BCUT2D eigenvalue weighted by molar-refractivity contribution is 7.80. The summed E-state index contributed by atoms with van der Waals surface area (Å²) in [6, 6.07) is 17.0. The van der Waals surface area contributed by atoms with Gasteiger partial charge < -0.3 is 4.52 Å². The first-order valence-electron chi connectivity index (χ1n) is 6.65. The van der Waals surface area contributed by atoms with Gasteiger partial charge >= 0.3 is 0 Å². The van der Waals surface area contributed by atoms with Crippen molar-refractivity contribution in [2.75, 3.05) is 4.72 Å². The van der Waals surface area contributed by atoms with Gasteiger partial charge in [0.05, 0.1) is 5.56 Å². The maximum absolute atomic E-state index is 10.9. The van der Waals surface area contributed by atoms with Crippen LogP contribution in [0.1, 0.15) is 5.76 Å². The van der Waals surface area contributed by atoms with Crippen LogP contribution in [0.2, 0.25) is 0 Å². The molecular weight excluding hydrogens is 300 g/mol. The van der Waals surface area contributed by atoms with E-state index in [0.29, 0.717) is 11.4 Å². The van der Waals surface area contributed by atoms with Gasteiger partial charge in [-0.15, -0.1) is 0 Å². The molecule has 5 nitrogen and oxygen atoms in total. The smallest absolute Gasteiger partial charge is 0.259 e. The molecule has 3 aromatic rings. The van der Waals surface area contributed by atoms with E-state index >= 15 is 0 Å². The Morgan fingerprint density at radius 1 is 1.09 bits per heavy atom. The van der Waals surface area contributed by atoms with Crippen LogP contribution in [0.3, 0.4) is 0 Å². The third-order valence-corrected chi connectivity index (χ3v) is 3.68. The third-order valence-electron chi connectivity index (χ3n) is 3.27. The molecule has 2 N–H and O–H groups in total.